The Balaban J connectivity index is 1.53. The molecule has 1 saturated heterocycles. The molecule has 8 heteroatoms. The summed E-state index contributed by atoms with van der Waals surface area (Å²) < 4.78 is 38.3. The molecule has 0 aliphatic carbocycles. The van der Waals surface area contributed by atoms with Crippen molar-refractivity contribution in [3.63, 3.8) is 0 Å². The fourth-order valence-electron chi connectivity index (χ4n) is 3.88. The minimum absolute atomic E-state index is 0.0459. The zero-order valence-corrected chi connectivity index (χ0v) is 17.1. The number of amides is 1. The van der Waals surface area contributed by atoms with Crippen molar-refractivity contribution in [2.24, 2.45) is 5.92 Å². The third-order valence-electron chi connectivity index (χ3n) is 5.43. The average Bonchev–Trinajstić information content (AvgIpc) is 2.78. The van der Waals surface area contributed by atoms with Gasteiger partial charge in [-0.2, -0.15) is 4.31 Å². The number of methoxy groups -OCH3 is 1. The molecule has 7 nitrogen and oxygen atoms in total. The maximum Gasteiger partial charge on any atom is 0.243 e. The Labute approximate surface area is 170 Å². The van der Waals surface area contributed by atoms with Crippen LogP contribution in [-0.2, 0) is 14.8 Å². The molecule has 2 aliphatic heterocycles. The van der Waals surface area contributed by atoms with Gasteiger partial charge in [0.05, 0.1) is 30.2 Å². The minimum Gasteiger partial charge on any atom is -0.497 e. The molecule has 2 aliphatic rings. The van der Waals surface area contributed by atoms with E-state index in [1.54, 1.807) is 17.0 Å². The number of carbonyl (C=O) groups excluding carboxylic acids is 1. The number of para-hydroxylation sites is 2. The van der Waals surface area contributed by atoms with E-state index in [-0.39, 0.29) is 23.3 Å². The van der Waals surface area contributed by atoms with Crippen molar-refractivity contribution >= 4 is 21.6 Å². The largest absolute Gasteiger partial charge is 0.497 e. The smallest absolute Gasteiger partial charge is 0.243 e. The van der Waals surface area contributed by atoms with Crippen LogP contribution in [0.2, 0.25) is 0 Å². The minimum atomic E-state index is -3.66. The summed E-state index contributed by atoms with van der Waals surface area (Å²) in [6.07, 6.45) is 1.32. The highest BCUT2D eigenvalue weighted by atomic mass is 32.2. The summed E-state index contributed by atoms with van der Waals surface area (Å²) in [5.74, 6) is 0.866. The van der Waals surface area contributed by atoms with Crippen molar-refractivity contribution in [3.8, 4) is 11.5 Å². The Morgan fingerprint density at radius 2 is 1.86 bits per heavy atom. The predicted molar refractivity (Wildman–Crippen MR) is 109 cm³/mol. The molecule has 2 aromatic carbocycles. The summed E-state index contributed by atoms with van der Waals surface area (Å²) in [5.41, 5.74) is 0.749. The van der Waals surface area contributed by atoms with Crippen LogP contribution in [0.1, 0.15) is 12.8 Å². The monoisotopic (exact) mass is 416 g/mol. The molecule has 4 rings (SSSR count). The van der Waals surface area contributed by atoms with E-state index in [2.05, 4.69) is 0 Å². The number of piperidine rings is 1. The van der Waals surface area contributed by atoms with Crippen LogP contribution in [0.4, 0.5) is 5.69 Å². The highest BCUT2D eigenvalue weighted by Crippen LogP contribution is 2.34. The van der Waals surface area contributed by atoms with E-state index in [0.29, 0.717) is 44.0 Å². The molecule has 0 bridgehead atoms. The normalized spacial score (nSPS) is 19.9. The molecular formula is C21H24N2O5S. The summed E-state index contributed by atoms with van der Waals surface area (Å²) >= 11 is 0. The van der Waals surface area contributed by atoms with Crippen LogP contribution in [0.3, 0.4) is 0 Å². The third kappa shape index (κ3) is 3.82. The number of benzene rings is 2. The maximum atomic E-state index is 13.2. The molecule has 0 aromatic heterocycles. The van der Waals surface area contributed by atoms with Crippen molar-refractivity contribution < 1.29 is 22.7 Å². The van der Waals surface area contributed by atoms with Gasteiger partial charge in [-0.3, -0.25) is 4.79 Å². The highest BCUT2D eigenvalue weighted by molar-refractivity contribution is 7.89. The molecule has 1 atom stereocenters. The van der Waals surface area contributed by atoms with E-state index in [9.17, 15) is 13.2 Å². The molecule has 2 heterocycles. The number of hydrogen-bond acceptors (Lipinski definition) is 5. The molecule has 1 unspecified atom stereocenters. The van der Waals surface area contributed by atoms with Crippen molar-refractivity contribution in [2.45, 2.75) is 17.7 Å². The van der Waals surface area contributed by atoms with Gasteiger partial charge in [0.1, 0.15) is 18.1 Å². The SMILES string of the molecule is COc1ccc(S(=O)(=O)N2CCCC(C(=O)N3CCOc4ccccc43)C2)cc1. The zero-order chi connectivity index (χ0) is 20.4. The van der Waals surface area contributed by atoms with Gasteiger partial charge in [-0.25, -0.2) is 8.42 Å². The van der Waals surface area contributed by atoms with Crippen LogP contribution in [0.15, 0.2) is 53.4 Å². The standard InChI is InChI=1S/C21H24N2O5S/c1-27-17-8-10-18(11-9-17)29(25,26)22-12-4-5-16(15-22)21(24)23-13-14-28-20-7-3-2-6-19(20)23/h2-3,6-11,16H,4-5,12-15H2,1H3. The van der Waals surface area contributed by atoms with Gasteiger partial charge < -0.3 is 14.4 Å². The Hall–Kier alpha value is -2.58. The molecule has 0 N–H and O–H groups in total. The lowest BCUT2D eigenvalue weighted by Crippen LogP contribution is -2.48. The summed E-state index contributed by atoms with van der Waals surface area (Å²) in [6, 6.07) is 13.8. The Morgan fingerprint density at radius 3 is 2.62 bits per heavy atom. The predicted octanol–water partition coefficient (Wildman–Crippen LogP) is 2.52. The van der Waals surface area contributed by atoms with Gasteiger partial charge in [0.25, 0.3) is 0 Å². The number of fused-ring (bicyclic) bond motifs is 1. The molecule has 154 valence electrons. The van der Waals surface area contributed by atoms with Crippen LogP contribution in [0, 0.1) is 5.92 Å². The van der Waals surface area contributed by atoms with Crippen molar-refractivity contribution in [1.82, 2.24) is 4.31 Å². The van der Waals surface area contributed by atoms with Crippen LogP contribution in [0.25, 0.3) is 0 Å². The summed E-state index contributed by atoms with van der Waals surface area (Å²) in [5, 5.41) is 0. The maximum absolute atomic E-state index is 13.2. The summed E-state index contributed by atoms with van der Waals surface area (Å²) in [4.78, 5) is 15.2. The fraction of sp³-hybridized carbons (Fsp3) is 0.381. The zero-order valence-electron chi connectivity index (χ0n) is 16.3. The van der Waals surface area contributed by atoms with E-state index in [4.69, 9.17) is 9.47 Å². The van der Waals surface area contributed by atoms with Gasteiger partial charge >= 0.3 is 0 Å². The third-order valence-corrected chi connectivity index (χ3v) is 7.30. The van der Waals surface area contributed by atoms with Gasteiger partial charge in [0.15, 0.2) is 0 Å². The van der Waals surface area contributed by atoms with Gasteiger partial charge in [-0.15, -0.1) is 0 Å². The average molecular weight is 416 g/mol. The Bertz CT molecular complexity index is 990. The fourth-order valence-corrected chi connectivity index (χ4v) is 5.40. The van der Waals surface area contributed by atoms with E-state index < -0.39 is 10.0 Å². The van der Waals surface area contributed by atoms with Crippen LogP contribution >= 0.6 is 0 Å². The lowest BCUT2D eigenvalue weighted by molar-refractivity contribution is -0.123. The molecule has 0 radical (unpaired) electrons. The number of carbonyl (C=O) groups is 1. The number of ether oxygens (including phenoxy) is 2. The van der Waals surface area contributed by atoms with Gasteiger partial charge in [-0.05, 0) is 49.2 Å². The number of anilines is 1. The van der Waals surface area contributed by atoms with Gasteiger partial charge in [-0.1, -0.05) is 12.1 Å². The van der Waals surface area contributed by atoms with E-state index in [1.807, 2.05) is 24.3 Å². The van der Waals surface area contributed by atoms with Crippen LogP contribution in [-0.4, -0.2) is 52.0 Å². The van der Waals surface area contributed by atoms with E-state index in [0.717, 1.165) is 5.69 Å². The van der Waals surface area contributed by atoms with Crippen molar-refractivity contribution in [2.75, 3.05) is 38.3 Å². The number of rotatable bonds is 4. The molecule has 1 fully saturated rings. The van der Waals surface area contributed by atoms with E-state index >= 15 is 0 Å². The lowest BCUT2D eigenvalue weighted by atomic mass is 9.97. The Kier molecular flexibility index (Phi) is 5.47. The summed E-state index contributed by atoms with van der Waals surface area (Å²) in [7, 11) is -2.13. The lowest BCUT2D eigenvalue weighted by Gasteiger charge is -2.36. The molecule has 2 aromatic rings. The van der Waals surface area contributed by atoms with E-state index in [1.165, 1.54) is 23.5 Å². The van der Waals surface area contributed by atoms with Gasteiger partial charge in [0, 0.05) is 13.1 Å². The quantitative estimate of drug-likeness (QED) is 0.766. The highest BCUT2D eigenvalue weighted by Gasteiger charge is 2.36. The number of hydrogen-bond donors (Lipinski definition) is 0. The van der Waals surface area contributed by atoms with Gasteiger partial charge in [0.2, 0.25) is 15.9 Å². The first-order chi connectivity index (χ1) is 14.0. The second kappa shape index (κ2) is 8.04. The number of sulfonamides is 1. The molecule has 29 heavy (non-hydrogen) atoms. The Morgan fingerprint density at radius 1 is 1.10 bits per heavy atom. The molecule has 0 saturated carbocycles. The number of nitrogens with zero attached hydrogens (tertiary/aromatic N) is 2. The summed E-state index contributed by atoms with van der Waals surface area (Å²) in [6.45, 7) is 1.51. The first kappa shape index (κ1) is 19.7. The topological polar surface area (TPSA) is 76.2 Å². The molecule has 1 amide bonds. The van der Waals surface area contributed by atoms with Crippen molar-refractivity contribution in [1.29, 1.82) is 0 Å². The second-order valence-corrected chi connectivity index (χ2v) is 9.12. The molecule has 0 spiro atoms. The van der Waals surface area contributed by atoms with Crippen LogP contribution < -0.4 is 14.4 Å². The second-order valence-electron chi connectivity index (χ2n) is 7.18. The first-order valence-electron chi connectivity index (χ1n) is 9.68. The first-order valence-corrected chi connectivity index (χ1v) is 11.1. The van der Waals surface area contributed by atoms with Crippen LogP contribution in [0.5, 0.6) is 11.5 Å². The molecular weight excluding hydrogens is 392 g/mol. The van der Waals surface area contributed by atoms with Crippen molar-refractivity contribution in [3.05, 3.63) is 48.5 Å².